The Bertz CT molecular complexity index is 814. The topological polar surface area (TPSA) is 78.9 Å². The van der Waals surface area contributed by atoms with Crippen molar-refractivity contribution in [2.75, 3.05) is 11.6 Å². The third-order valence-electron chi connectivity index (χ3n) is 3.67. The molecule has 0 atom stereocenters. The zero-order chi connectivity index (χ0) is 17.6. The van der Waals surface area contributed by atoms with Gasteiger partial charge in [0.2, 0.25) is 5.16 Å². The fourth-order valence-corrected chi connectivity index (χ4v) is 3.34. The van der Waals surface area contributed by atoms with E-state index in [0.717, 1.165) is 29.1 Å². The molecule has 7 heteroatoms. The lowest BCUT2D eigenvalue weighted by atomic mass is 10.1. The van der Waals surface area contributed by atoms with Gasteiger partial charge in [0.05, 0.1) is 0 Å². The monoisotopic (exact) mass is 355 g/mol. The van der Waals surface area contributed by atoms with Crippen molar-refractivity contribution in [3.63, 3.8) is 0 Å². The van der Waals surface area contributed by atoms with E-state index in [9.17, 15) is 0 Å². The number of nitrogen functional groups attached to an aromatic ring is 1. The van der Waals surface area contributed by atoms with Gasteiger partial charge in [0.1, 0.15) is 12.4 Å². The first-order valence-electron chi connectivity index (χ1n) is 8.04. The zero-order valence-corrected chi connectivity index (χ0v) is 15.2. The van der Waals surface area contributed by atoms with Crippen LogP contribution in [0.5, 0.6) is 5.75 Å². The van der Waals surface area contributed by atoms with E-state index >= 15 is 0 Å². The maximum atomic E-state index is 6.09. The Labute approximate surface area is 151 Å². The highest BCUT2D eigenvalue weighted by atomic mass is 32.2. The van der Waals surface area contributed by atoms with E-state index in [0.29, 0.717) is 11.0 Å². The molecule has 0 amide bonds. The first kappa shape index (κ1) is 17.3. The standard InChI is InChI=1S/C18H21N5OS/c1-13-9-14(2)11-16(10-13)24-12-17-21-22-18(23(17)19)25-8-5-15-3-6-20-7-4-15/h3-4,6-7,9-11H,5,8,12,19H2,1-2H3. The van der Waals surface area contributed by atoms with Crippen LogP contribution in [0, 0.1) is 13.8 Å². The second-order valence-corrected chi connectivity index (χ2v) is 6.90. The molecular weight excluding hydrogens is 334 g/mol. The number of nitrogens with zero attached hydrogens (tertiary/aromatic N) is 4. The van der Waals surface area contributed by atoms with Gasteiger partial charge in [-0.25, -0.2) is 4.68 Å². The minimum absolute atomic E-state index is 0.289. The smallest absolute Gasteiger partial charge is 0.209 e. The first-order valence-corrected chi connectivity index (χ1v) is 9.02. The second-order valence-electron chi connectivity index (χ2n) is 5.83. The van der Waals surface area contributed by atoms with Crippen LogP contribution in [0.25, 0.3) is 0 Å². The SMILES string of the molecule is Cc1cc(C)cc(OCc2nnc(SCCc3ccncc3)n2N)c1. The van der Waals surface area contributed by atoms with Crippen molar-refractivity contribution in [3.05, 3.63) is 65.2 Å². The summed E-state index contributed by atoms with van der Waals surface area (Å²) >= 11 is 1.58. The van der Waals surface area contributed by atoms with Gasteiger partial charge in [0, 0.05) is 18.1 Å². The molecule has 0 saturated heterocycles. The molecule has 0 aliphatic carbocycles. The van der Waals surface area contributed by atoms with Gasteiger partial charge in [0.25, 0.3) is 0 Å². The van der Waals surface area contributed by atoms with Crippen LogP contribution in [-0.4, -0.2) is 25.6 Å². The Balaban J connectivity index is 1.55. The van der Waals surface area contributed by atoms with E-state index in [1.165, 1.54) is 10.2 Å². The van der Waals surface area contributed by atoms with Gasteiger partial charge in [0.15, 0.2) is 5.82 Å². The van der Waals surface area contributed by atoms with Crippen molar-refractivity contribution >= 4 is 11.8 Å². The summed E-state index contributed by atoms with van der Waals surface area (Å²) in [5, 5.41) is 8.97. The average Bonchev–Trinajstić information content (AvgIpc) is 2.93. The van der Waals surface area contributed by atoms with Crippen molar-refractivity contribution < 1.29 is 4.74 Å². The number of thioether (sulfide) groups is 1. The number of aryl methyl sites for hydroxylation is 3. The molecule has 0 bridgehead atoms. The normalized spacial score (nSPS) is 10.8. The summed E-state index contributed by atoms with van der Waals surface area (Å²) in [6.07, 6.45) is 4.52. The van der Waals surface area contributed by atoms with Crippen LogP contribution >= 0.6 is 11.8 Å². The van der Waals surface area contributed by atoms with Crippen LogP contribution in [0.4, 0.5) is 0 Å². The highest BCUT2D eigenvalue weighted by Crippen LogP contribution is 2.19. The van der Waals surface area contributed by atoms with E-state index in [-0.39, 0.29) is 6.61 Å². The molecule has 0 saturated carbocycles. The Kier molecular flexibility index (Phi) is 5.55. The van der Waals surface area contributed by atoms with E-state index in [4.69, 9.17) is 10.6 Å². The fourth-order valence-electron chi connectivity index (χ4n) is 2.48. The Morgan fingerprint density at radius 2 is 1.80 bits per heavy atom. The van der Waals surface area contributed by atoms with Crippen LogP contribution in [0.15, 0.2) is 47.9 Å². The second kappa shape index (κ2) is 8.02. The lowest BCUT2D eigenvalue weighted by molar-refractivity contribution is 0.291. The summed E-state index contributed by atoms with van der Waals surface area (Å²) in [7, 11) is 0. The van der Waals surface area contributed by atoms with Gasteiger partial charge < -0.3 is 10.6 Å². The third-order valence-corrected chi connectivity index (χ3v) is 4.61. The molecule has 0 fully saturated rings. The van der Waals surface area contributed by atoms with Crippen LogP contribution in [-0.2, 0) is 13.0 Å². The highest BCUT2D eigenvalue weighted by Gasteiger charge is 2.11. The van der Waals surface area contributed by atoms with Crippen LogP contribution in [0.1, 0.15) is 22.5 Å². The van der Waals surface area contributed by atoms with Crippen molar-refractivity contribution in [1.82, 2.24) is 19.9 Å². The van der Waals surface area contributed by atoms with Crippen LogP contribution in [0.2, 0.25) is 0 Å². The van der Waals surface area contributed by atoms with Gasteiger partial charge in [-0.1, -0.05) is 17.8 Å². The summed E-state index contributed by atoms with van der Waals surface area (Å²) < 4.78 is 7.30. The quantitative estimate of drug-likeness (QED) is 0.518. The van der Waals surface area contributed by atoms with Gasteiger partial charge >= 0.3 is 0 Å². The zero-order valence-electron chi connectivity index (χ0n) is 14.3. The van der Waals surface area contributed by atoms with Crippen LogP contribution in [0.3, 0.4) is 0 Å². The molecule has 0 aliphatic heterocycles. The van der Waals surface area contributed by atoms with Gasteiger partial charge in [-0.3, -0.25) is 4.98 Å². The molecule has 1 aromatic carbocycles. The molecule has 0 spiro atoms. The molecule has 0 radical (unpaired) electrons. The first-order chi connectivity index (χ1) is 12.1. The summed E-state index contributed by atoms with van der Waals surface area (Å²) in [6.45, 7) is 4.38. The number of nitrogens with two attached hydrogens (primary N) is 1. The minimum Gasteiger partial charge on any atom is -0.486 e. The van der Waals surface area contributed by atoms with E-state index in [1.807, 2.05) is 38.1 Å². The number of aromatic nitrogens is 4. The van der Waals surface area contributed by atoms with Crippen molar-refractivity contribution in [2.45, 2.75) is 32.0 Å². The fraction of sp³-hybridized carbons (Fsp3) is 0.278. The predicted octanol–water partition coefficient (Wildman–Crippen LogP) is 2.92. The Morgan fingerprint density at radius 3 is 2.52 bits per heavy atom. The molecule has 2 N–H and O–H groups in total. The molecular formula is C18H21N5OS. The van der Waals surface area contributed by atoms with Crippen molar-refractivity contribution in [1.29, 1.82) is 0 Å². The largest absolute Gasteiger partial charge is 0.486 e. The Hall–Kier alpha value is -2.54. The molecule has 2 aromatic heterocycles. The molecule has 0 aliphatic rings. The maximum absolute atomic E-state index is 6.09. The van der Waals surface area contributed by atoms with E-state index in [2.05, 4.69) is 21.2 Å². The summed E-state index contributed by atoms with van der Waals surface area (Å²) in [4.78, 5) is 4.02. The number of rotatable bonds is 7. The number of benzene rings is 1. The summed E-state index contributed by atoms with van der Waals surface area (Å²) in [5.41, 5.74) is 3.57. The van der Waals surface area contributed by atoms with Crippen molar-refractivity contribution in [3.8, 4) is 5.75 Å². The summed E-state index contributed by atoms with van der Waals surface area (Å²) in [6, 6.07) is 10.1. The molecule has 3 aromatic rings. The molecule has 25 heavy (non-hydrogen) atoms. The minimum atomic E-state index is 0.289. The predicted molar refractivity (Wildman–Crippen MR) is 99.1 cm³/mol. The summed E-state index contributed by atoms with van der Waals surface area (Å²) in [5.74, 6) is 8.37. The molecule has 130 valence electrons. The molecule has 0 unspecified atom stereocenters. The molecule has 2 heterocycles. The lowest BCUT2D eigenvalue weighted by Gasteiger charge is -2.08. The average molecular weight is 355 g/mol. The number of hydrogen-bond acceptors (Lipinski definition) is 6. The Morgan fingerprint density at radius 1 is 1.08 bits per heavy atom. The number of pyridine rings is 1. The van der Waals surface area contributed by atoms with Gasteiger partial charge in [-0.15, -0.1) is 10.2 Å². The van der Waals surface area contributed by atoms with Gasteiger partial charge in [-0.2, -0.15) is 0 Å². The molecule has 3 rings (SSSR count). The van der Waals surface area contributed by atoms with E-state index < -0.39 is 0 Å². The molecule has 6 nitrogen and oxygen atoms in total. The highest BCUT2D eigenvalue weighted by molar-refractivity contribution is 7.99. The van der Waals surface area contributed by atoms with Crippen molar-refractivity contribution in [2.24, 2.45) is 0 Å². The number of hydrogen-bond donors (Lipinski definition) is 1. The van der Waals surface area contributed by atoms with E-state index in [1.54, 1.807) is 24.2 Å². The lowest BCUT2D eigenvalue weighted by Crippen LogP contribution is -2.16. The van der Waals surface area contributed by atoms with Crippen LogP contribution < -0.4 is 10.6 Å². The van der Waals surface area contributed by atoms with Gasteiger partial charge in [-0.05, 0) is 61.2 Å². The maximum Gasteiger partial charge on any atom is 0.209 e. The number of ether oxygens (including phenoxy) is 1. The third kappa shape index (κ3) is 4.73.